The second-order valence-corrected chi connectivity index (χ2v) is 14.1. The van der Waals surface area contributed by atoms with Gasteiger partial charge in [0.1, 0.15) is 29.3 Å². The fraction of sp³-hybridized carbons (Fsp3) is 0.400. The minimum atomic E-state index is -1.32. The Morgan fingerprint density at radius 3 is 2.56 bits per heavy atom. The van der Waals surface area contributed by atoms with Gasteiger partial charge in [-0.05, 0) is 58.2 Å². The zero-order valence-electron chi connectivity index (χ0n) is 28.3. The van der Waals surface area contributed by atoms with Gasteiger partial charge in [-0.25, -0.2) is 0 Å². The quantitative estimate of drug-likeness (QED) is 0.0954. The number of aryl methyl sites for hydroxylation is 3. The number of anilines is 1. The van der Waals surface area contributed by atoms with Crippen LogP contribution in [0.4, 0.5) is 5.69 Å². The Bertz CT molecular complexity index is 1970. The van der Waals surface area contributed by atoms with Gasteiger partial charge in [0.2, 0.25) is 5.91 Å². The molecule has 0 radical (unpaired) electrons. The van der Waals surface area contributed by atoms with E-state index in [0.29, 0.717) is 35.7 Å². The van der Waals surface area contributed by atoms with Crippen LogP contribution >= 0.6 is 11.3 Å². The Morgan fingerprint density at radius 1 is 1.02 bits per heavy atom. The lowest BCUT2D eigenvalue weighted by atomic mass is 9.99. The van der Waals surface area contributed by atoms with Crippen LogP contribution in [0.25, 0.3) is 5.00 Å². The van der Waals surface area contributed by atoms with Gasteiger partial charge in [-0.3, -0.25) is 34.7 Å². The minimum absolute atomic E-state index is 0.161. The number of thiophene rings is 1. The number of aromatic nitrogens is 3. The van der Waals surface area contributed by atoms with Crippen LogP contribution in [0.15, 0.2) is 47.5 Å². The zero-order valence-corrected chi connectivity index (χ0v) is 29.1. The largest absolute Gasteiger partial charge is 0.383 e. The molecule has 0 spiro atoms. The first-order chi connectivity index (χ1) is 24.0. The van der Waals surface area contributed by atoms with Crippen molar-refractivity contribution in [2.45, 2.75) is 71.4 Å². The fourth-order valence-electron chi connectivity index (χ4n) is 6.83. The van der Waals surface area contributed by atoms with Crippen LogP contribution in [0.2, 0.25) is 0 Å². The summed E-state index contributed by atoms with van der Waals surface area (Å²) in [5.74, 6) is 0.457. The molecule has 5 atom stereocenters. The summed E-state index contributed by atoms with van der Waals surface area (Å²) in [6, 6.07) is 12.5. The summed E-state index contributed by atoms with van der Waals surface area (Å²) in [6.45, 7) is 9.09. The molecule has 5 heterocycles. The van der Waals surface area contributed by atoms with Crippen LogP contribution in [0.5, 0.6) is 0 Å². The molecule has 7 N–H and O–H groups in total. The molecular weight excluding hydrogens is 659 g/mol. The summed E-state index contributed by atoms with van der Waals surface area (Å²) in [5.41, 5.74) is 6.49. The molecule has 7 rings (SSSR count). The number of amides is 2. The van der Waals surface area contributed by atoms with Crippen molar-refractivity contribution in [3.63, 3.8) is 0 Å². The van der Waals surface area contributed by atoms with E-state index in [1.807, 2.05) is 6.92 Å². The number of hydrogen-bond acceptors (Lipinski definition) is 12. The van der Waals surface area contributed by atoms with Gasteiger partial charge in [-0.2, -0.15) is 0 Å². The average Bonchev–Trinajstić information content (AvgIpc) is 3.66. The molecule has 1 saturated heterocycles. The molecule has 3 aliphatic heterocycles. The van der Waals surface area contributed by atoms with Crippen LogP contribution in [-0.2, 0) is 4.79 Å². The first kappa shape index (κ1) is 34.0. The summed E-state index contributed by atoms with van der Waals surface area (Å²) >= 11 is 1.69. The van der Waals surface area contributed by atoms with Gasteiger partial charge in [0, 0.05) is 52.5 Å². The van der Waals surface area contributed by atoms with E-state index in [1.54, 1.807) is 29.5 Å². The Kier molecular flexibility index (Phi) is 9.28. The van der Waals surface area contributed by atoms with Gasteiger partial charge in [-0.1, -0.05) is 35.9 Å². The van der Waals surface area contributed by atoms with Crippen LogP contribution in [0.1, 0.15) is 79.9 Å². The highest BCUT2D eigenvalue weighted by atomic mass is 32.1. The Hall–Kier alpha value is -4.51. The number of aliphatic hydroxyl groups is 3. The van der Waals surface area contributed by atoms with Crippen molar-refractivity contribution in [1.82, 2.24) is 35.6 Å². The topological polar surface area (TPSA) is 189 Å². The molecule has 2 aromatic carbocycles. The van der Waals surface area contributed by atoms with Crippen molar-refractivity contribution in [3.05, 3.63) is 92.4 Å². The lowest BCUT2D eigenvalue weighted by Gasteiger charge is -2.34. The van der Waals surface area contributed by atoms with Crippen LogP contribution in [-0.4, -0.2) is 90.6 Å². The summed E-state index contributed by atoms with van der Waals surface area (Å²) < 4.78 is 2.05. The zero-order chi connectivity index (χ0) is 35.3. The second kappa shape index (κ2) is 13.7. The van der Waals surface area contributed by atoms with E-state index in [-0.39, 0.29) is 19.4 Å². The molecule has 1 fully saturated rings. The summed E-state index contributed by atoms with van der Waals surface area (Å²) in [4.78, 5) is 33.3. The minimum Gasteiger partial charge on any atom is -0.383 e. The third kappa shape index (κ3) is 6.10. The molecule has 0 bridgehead atoms. The third-order valence-corrected chi connectivity index (χ3v) is 10.8. The van der Waals surface area contributed by atoms with Crippen molar-refractivity contribution in [2.75, 3.05) is 25.0 Å². The highest BCUT2D eigenvalue weighted by Gasteiger charge is 2.45. The Balaban J connectivity index is 1.02. The number of nitrogens with zero attached hydrogens (tertiary/aromatic N) is 5. The maximum absolute atomic E-state index is 13.2. The number of hydrogen-bond donors (Lipinski definition) is 7. The second-order valence-electron chi connectivity index (χ2n) is 12.9. The van der Waals surface area contributed by atoms with Crippen LogP contribution in [0, 0.1) is 27.7 Å². The number of fused-ring (bicyclic) bond motifs is 4. The average molecular weight is 700 g/mol. The predicted octanol–water partition coefficient (Wildman–Crippen LogP) is 2.07. The molecule has 15 heteroatoms. The first-order valence-electron chi connectivity index (χ1n) is 16.7. The van der Waals surface area contributed by atoms with E-state index in [9.17, 15) is 24.9 Å². The summed E-state index contributed by atoms with van der Waals surface area (Å²) in [6.07, 6.45) is -3.26. The van der Waals surface area contributed by atoms with E-state index in [2.05, 4.69) is 81.1 Å². The van der Waals surface area contributed by atoms with Crippen LogP contribution in [0.3, 0.4) is 0 Å². The number of benzene rings is 2. The summed E-state index contributed by atoms with van der Waals surface area (Å²) in [5, 5.41) is 54.0. The van der Waals surface area contributed by atoms with Crippen LogP contribution < -0.4 is 21.3 Å². The maximum Gasteiger partial charge on any atom is 0.257 e. The SMILES string of the molecule is Cc1ccc(C2=NC(NCC(O)NCCNc3cccc4c3C(O)N(C3CCC(O)NC3=O)C4=O)c3nnc(C)n3-c3sc(C)c(C)c32)cc1. The third-order valence-electron chi connectivity index (χ3n) is 9.56. The van der Waals surface area contributed by atoms with E-state index >= 15 is 0 Å². The number of nitrogens with one attached hydrogen (secondary N) is 4. The molecule has 50 heavy (non-hydrogen) atoms. The van der Waals surface area contributed by atoms with E-state index in [1.165, 1.54) is 9.78 Å². The smallest absolute Gasteiger partial charge is 0.257 e. The molecular formula is C35H41N9O5S. The van der Waals surface area contributed by atoms with E-state index in [0.717, 1.165) is 38.8 Å². The van der Waals surface area contributed by atoms with Crippen molar-refractivity contribution < 1.29 is 24.9 Å². The monoisotopic (exact) mass is 699 g/mol. The van der Waals surface area contributed by atoms with E-state index < -0.39 is 42.7 Å². The number of carbonyl (C=O) groups is 2. The van der Waals surface area contributed by atoms with Crippen molar-refractivity contribution in [3.8, 4) is 5.00 Å². The van der Waals surface area contributed by atoms with Gasteiger partial charge in [0.25, 0.3) is 5.91 Å². The standard InChI is InChI=1S/C35H41N9O5S/c1-17-8-10-21(11-9-17)29-27-18(2)19(3)50-35(27)43-20(4)41-42-31(43)30(40-29)38-16-26(46)37-15-14-36-23-7-5-6-22-28(23)34(49)44(33(22)48)24-12-13-25(45)39-32(24)47/h5-11,24-26,30,34,36-38,45-46,49H,12-16H2,1-4H3,(H,39,47). The van der Waals surface area contributed by atoms with Crippen molar-refractivity contribution >= 4 is 34.6 Å². The molecule has 0 aliphatic carbocycles. The highest BCUT2D eigenvalue weighted by molar-refractivity contribution is 7.15. The lowest BCUT2D eigenvalue weighted by Crippen LogP contribution is -2.55. The first-order valence-corrected chi connectivity index (χ1v) is 17.5. The molecule has 2 amide bonds. The van der Waals surface area contributed by atoms with E-state index in [4.69, 9.17) is 4.99 Å². The predicted molar refractivity (Wildman–Crippen MR) is 188 cm³/mol. The number of rotatable bonds is 10. The molecule has 4 aromatic rings. The summed E-state index contributed by atoms with van der Waals surface area (Å²) in [7, 11) is 0. The maximum atomic E-state index is 13.2. The van der Waals surface area contributed by atoms with Gasteiger partial charge in [-0.15, -0.1) is 21.5 Å². The molecule has 0 saturated carbocycles. The van der Waals surface area contributed by atoms with Crippen molar-refractivity contribution in [1.29, 1.82) is 0 Å². The molecule has 5 unspecified atom stereocenters. The van der Waals surface area contributed by atoms with Gasteiger partial charge in [0.05, 0.1) is 5.71 Å². The van der Waals surface area contributed by atoms with Gasteiger partial charge in [0.15, 0.2) is 18.2 Å². The number of carbonyl (C=O) groups excluding carboxylic acids is 2. The molecule has 262 valence electrons. The molecule has 3 aliphatic rings. The Morgan fingerprint density at radius 2 is 1.80 bits per heavy atom. The van der Waals surface area contributed by atoms with Gasteiger partial charge < -0.3 is 26.0 Å². The number of piperidine rings is 1. The Labute approximate surface area is 293 Å². The number of aliphatic hydroxyl groups excluding tert-OH is 3. The van der Waals surface area contributed by atoms with Gasteiger partial charge >= 0.3 is 0 Å². The normalized spacial score (nSPS) is 22.0. The molecule has 2 aromatic heterocycles. The highest BCUT2D eigenvalue weighted by Crippen LogP contribution is 2.40. The number of aliphatic imine (C=N–C) groups is 1. The lowest BCUT2D eigenvalue weighted by molar-refractivity contribution is -0.136. The fourth-order valence-corrected chi connectivity index (χ4v) is 8.05. The van der Waals surface area contributed by atoms with Crippen molar-refractivity contribution in [2.24, 2.45) is 4.99 Å². The molecule has 14 nitrogen and oxygen atoms in total.